The molecule has 2 atom stereocenters. The van der Waals surface area contributed by atoms with Crippen LogP contribution in [0.1, 0.15) is 39.2 Å². The predicted octanol–water partition coefficient (Wildman–Crippen LogP) is 4.48. The van der Waals surface area contributed by atoms with Crippen molar-refractivity contribution in [3.63, 3.8) is 0 Å². The van der Waals surface area contributed by atoms with Gasteiger partial charge in [0, 0.05) is 0 Å². The van der Waals surface area contributed by atoms with E-state index in [2.05, 4.69) is 63.2 Å². The topological polar surface area (TPSA) is 20.2 Å². The van der Waals surface area contributed by atoms with Gasteiger partial charge in [-0.3, -0.25) is 0 Å². The van der Waals surface area contributed by atoms with Crippen LogP contribution < -0.4 is 0 Å². The molecular formula is C18H22O. The fraction of sp³-hybridized carbons (Fsp3) is 0.444. The van der Waals surface area contributed by atoms with Crippen molar-refractivity contribution < 1.29 is 5.11 Å². The summed E-state index contributed by atoms with van der Waals surface area (Å²) in [5, 5.41) is 13.7. The number of aliphatic hydroxyl groups is 1. The first-order chi connectivity index (χ1) is 8.92. The van der Waals surface area contributed by atoms with Crippen molar-refractivity contribution in [1.29, 1.82) is 0 Å². The maximum Gasteiger partial charge on any atom is 0.0933 e. The summed E-state index contributed by atoms with van der Waals surface area (Å²) in [5.41, 5.74) is 0.624. The van der Waals surface area contributed by atoms with Crippen LogP contribution in [0.15, 0.2) is 42.5 Å². The second-order valence-electron chi connectivity index (χ2n) is 6.90. The monoisotopic (exact) mass is 254 g/mol. The van der Waals surface area contributed by atoms with Crippen LogP contribution >= 0.6 is 0 Å². The Morgan fingerprint density at radius 3 is 2.42 bits per heavy atom. The third kappa shape index (κ3) is 1.97. The molecule has 1 fully saturated rings. The van der Waals surface area contributed by atoms with Gasteiger partial charge in [0.1, 0.15) is 0 Å². The Morgan fingerprint density at radius 1 is 1.05 bits per heavy atom. The van der Waals surface area contributed by atoms with Crippen molar-refractivity contribution in [1.82, 2.24) is 0 Å². The van der Waals surface area contributed by atoms with Crippen molar-refractivity contribution >= 4 is 10.8 Å². The molecule has 2 aromatic carbocycles. The Balaban J connectivity index is 2.19. The van der Waals surface area contributed by atoms with Crippen molar-refractivity contribution in [2.75, 3.05) is 0 Å². The lowest BCUT2D eigenvalue weighted by molar-refractivity contribution is 0.000596. The molecule has 0 radical (unpaired) electrons. The molecule has 0 spiro atoms. The standard InChI is InChI=1S/C18H22O/c1-13-11-17(2,3)12-18(13,19)16-10-6-8-14-7-4-5-9-15(14)16/h4-10,13,19H,11-12H2,1-3H3. The highest BCUT2D eigenvalue weighted by Crippen LogP contribution is 2.53. The first-order valence-corrected chi connectivity index (χ1v) is 7.13. The van der Waals surface area contributed by atoms with E-state index in [9.17, 15) is 5.11 Å². The maximum absolute atomic E-state index is 11.3. The average Bonchev–Trinajstić information content (AvgIpc) is 2.58. The molecule has 19 heavy (non-hydrogen) atoms. The quantitative estimate of drug-likeness (QED) is 0.795. The van der Waals surface area contributed by atoms with E-state index in [4.69, 9.17) is 0 Å². The summed E-state index contributed by atoms with van der Waals surface area (Å²) in [6.45, 7) is 6.69. The van der Waals surface area contributed by atoms with Crippen LogP contribution in [0.25, 0.3) is 10.8 Å². The summed E-state index contributed by atoms with van der Waals surface area (Å²) in [5.74, 6) is 0.299. The molecule has 1 saturated carbocycles. The summed E-state index contributed by atoms with van der Waals surface area (Å²) >= 11 is 0. The van der Waals surface area contributed by atoms with Crippen LogP contribution in [0, 0.1) is 11.3 Å². The van der Waals surface area contributed by atoms with E-state index in [1.807, 2.05) is 0 Å². The number of benzene rings is 2. The fourth-order valence-electron chi connectivity index (χ4n) is 3.94. The molecule has 2 unspecified atom stereocenters. The van der Waals surface area contributed by atoms with Crippen molar-refractivity contribution in [2.45, 2.75) is 39.2 Å². The smallest absolute Gasteiger partial charge is 0.0933 e. The zero-order valence-corrected chi connectivity index (χ0v) is 12.0. The molecule has 0 saturated heterocycles. The van der Waals surface area contributed by atoms with E-state index in [-0.39, 0.29) is 5.41 Å². The third-order valence-electron chi connectivity index (χ3n) is 4.68. The van der Waals surface area contributed by atoms with Crippen LogP contribution in [0.5, 0.6) is 0 Å². The van der Waals surface area contributed by atoms with Crippen LogP contribution in [0.4, 0.5) is 0 Å². The van der Waals surface area contributed by atoms with Gasteiger partial charge in [0.25, 0.3) is 0 Å². The molecule has 1 nitrogen and oxygen atoms in total. The Morgan fingerprint density at radius 2 is 1.74 bits per heavy atom. The largest absolute Gasteiger partial charge is 0.385 e. The van der Waals surface area contributed by atoms with Gasteiger partial charge in [-0.1, -0.05) is 63.2 Å². The highest BCUT2D eigenvalue weighted by molar-refractivity contribution is 5.86. The summed E-state index contributed by atoms with van der Waals surface area (Å²) < 4.78 is 0. The second kappa shape index (κ2) is 4.08. The van der Waals surface area contributed by atoms with E-state index in [1.54, 1.807) is 0 Å². The molecular weight excluding hydrogens is 232 g/mol. The van der Waals surface area contributed by atoms with Crippen LogP contribution in [0.3, 0.4) is 0 Å². The molecule has 1 N–H and O–H groups in total. The molecule has 3 rings (SSSR count). The molecule has 0 heterocycles. The van der Waals surface area contributed by atoms with Gasteiger partial charge in [-0.05, 0) is 40.5 Å². The Labute approximate surface area is 115 Å². The van der Waals surface area contributed by atoms with E-state index >= 15 is 0 Å². The van der Waals surface area contributed by atoms with E-state index in [0.717, 1.165) is 18.4 Å². The fourth-order valence-corrected chi connectivity index (χ4v) is 3.94. The normalized spacial score (nSPS) is 29.8. The molecule has 0 amide bonds. The number of rotatable bonds is 1. The summed E-state index contributed by atoms with van der Waals surface area (Å²) in [6, 6.07) is 14.6. The Bertz CT molecular complexity index is 609. The third-order valence-corrected chi connectivity index (χ3v) is 4.68. The highest BCUT2D eigenvalue weighted by atomic mass is 16.3. The number of fused-ring (bicyclic) bond motifs is 1. The minimum atomic E-state index is -0.690. The van der Waals surface area contributed by atoms with Gasteiger partial charge in [0.2, 0.25) is 0 Å². The van der Waals surface area contributed by atoms with Gasteiger partial charge in [-0.15, -0.1) is 0 Å². The van der Waals surface area contributed by atoms with Gasteiger partial charge in [-0.2, -0.15) is 0 Å². The van der Waals surface area contributed by atoms with Gasteiger partial charge >= 0.3 is 0 Å². The maximum atomic E-state index is 11.3. The molecule has 0 aromatic heterocycles. The lowest BCUT2D eigenvalue weighted by Gasteiger charge is -2.30. The number of hydrogen-bond donors (Lipinski definition) is 1. The van der Waals surface area contributed by atoms with E-state index in [0.29, 0.717) is 5.92 Å². The van der Waals surface area contributed by atoms with Crippen molar-refractivity contribution in [2.24, 2.45) is 11.3 Å². The highest BCUT2D eigenvalue weighted by Gasteiger charge is 2.48. The minimum Gasteiger partial charge on any atom is -0.385 e. The lowest BCUT2D eigenvalue weighted by Crippen LogP contribution is -2.29. The first-order valence-electron chi connectivity index (χ1n) is 7.13. The van der Waals surface area contributed by atoms with Crippen LogP contribution in [0.2, 0.25) is 0 Å². The molecule has 2 aromatic rings. The Hall–Kier alpha value is -1.34. The summed E-state index contributed by atoms with van der Waals surface area (Å²) in [4.78, 5) is 0. The molecule has 1 aliphatic carbocycles. The predicted molar refractivity (Wildman–Crippen MR) is 80.0 cm³/mol. The van der Waals surface area contributed by atoms with E-state index < -0.39 is 5.60 Å². The SMILES string of the molecule is CC1CC(C)(C)CC1(O)c1cccc2ccccc12. The summed E-state index contributed by atoms with van der Waals surface area (Å²) in [7, 11) is 0. The Kier molecular flexibility index (Phi) is 2.72. The second-order valence-corrected chi connectivity index (χ2v) is 6.90. The van der Waals surface area contributed by atoms with Gasteiger partial charge in [0.05, 0.1) is 5.60 Å². The van der Waals surface area contributed by atoms with Crippen molar-refractivity contribution in [3.8, 4) is 0 Å². The summed E-state index contributed by atoms with van der Waals surface area (Å²) in [6.07, 6.45) is 1.92. The lowest BCUT2D eigenvalue weighted by atomic mass is 9.81. The first kappa shape index (κ1) is 12.7. The molecule has 100 valence electrons. The van der Waals surface area contributed by atoms with E-state index in [1.165, 1.54) is 10.8 Å². The minimum absolute atomic E-state index is 0.213. The zero-order valence-electron chi connectivity index (χ0n) is 12.0. The molecule has 0 aliphatic heterocycles. The molecule has 1 heteroatoms. The number of hydrogen-bond acceptors (Lipinski definition) is 1. The van der Waals surface area contributed by atoms with Gasteiger partial charge in [0.15, 0.2) is 0 Å². The van der Waals surface area contributed by atoms with Gasteiger partial charge < -0.3 is 5.11 Å². The van der Waals surface area contributed by atoms with Crippen LogP contribution in [-0.2, 0) is 5.60 Å². The van der Waals surface area contributed by atoms with Crippen molar-refractivity contribution in [3.05, 3.63) is 48.0 Å². The molecule has 1 aliphatic rings. The average molecular weight is 254 g/mol. The molecule has 0 bridgehead atoms. The zero-order chi connectivity index (χ0) is 13.7. The van der Waals surface area contributed by atoms with Gasteiger partial charge in [-0.25, -0.2) is 0 Å². The van der Waals surface area contributed by atoms with Crippen LogP contribution in [-0.4, -0.2) is 5.11 Å².